The van der Waals surface area contributed by atoms with Crippen LogP contribution < -0.4 is 0 Å². The monoisotopic (exact) mass is 346 g/mol. The minimum absolute atomic E-state index is 0.171. The Balaban J connectivity index is 1.68. The van der Waals surface area contributed by atoms with Gasteiger partial charge in [-0.1, -0.05) is 19.8 Å². The van der Waals surface area contributed by atoms with Gasteiger partial charge in [0.25, 0.3) is 0 Å². The van der Waals surface area contributed by atoms with Crippen LogP contribution in [0.2, 0.25) is 0 Å². The molecule has 5 atom stereocenters. The third kappa shape index (κ3) is 3.88. The van der Waals surface area contributed by atoms with Gasteiger partial charge in [0.1, 0.15) is 29.9 Å². The molecule has 2 aliphatic heterocycles. The van der Waals surface area contributed by atoms with E-state index in [0.29, 0.717) is 13.2 Å². The van der Waals surface area contributed by atoms with Crippen LogP contribution >= 0.6 is 11.8 Å². The van der Waals surface area contributed by atoms with E-state index in [1.807, 2.05) is 6.26 Å². The van der Waals surface area contributed by atoms with Crippen LogP contribution in [0, 0.1) is 0 Å². The van der Waals surface area contributed by atoms with E-state index >= 15 is 0 Å². The molecule has 0 radical (unpaired) electrons. The minimum atomic E-state index is -0.661. The number of aliphatic hydroxyl groups is 1. The molecule has 3 aliphatic rings. The second-order valence-electron chi connectivity index (χ2n) is 6.82. The first-order valence-electron chi connectivity index (χ1n) is 8.99. The highest BCUT2D eigenvalue weighted by molar-refractivity contribution is 7.99. The van der Waals surface area contributed by atoms with E-state index in [9.17, 15) is 5.11 Å². The maximum absolute atomic E-state index is 10.9. The molecular weight excluding hydrogens is 316 g/mol. The highest BCUT2D eigenvalue weighted by Gasteiger charge is 2.53. The Hall–Kier alpha value is 0.150. The second kappa shape index (κ2) is 8.02. The van der Waals surface area contributed by atoms with Gasteiger partial charge in [0.05, 0.1) is 6.61 Å². The maximum atomic E-state index is 10.9. The molecule has 1 aliphatic carbocycles. The topological polar surface area (TPSA) is 57.2 Å². The lowest BCUT2D eigenvalue weighted by Gasteiger charge is -2.52. The predicted octanol–water partition coefficient (Wildman–Crippen LogP) is 2.70. The van der Waals surface area contributed by atoms with E-state index in [1.54, 1.807) is 11.8 Å². The van der Waals surface area contributed by atoms with Crippen molar-refractivity contribution in [2.75, 3.05) is 19.5 Å². The third-order valence-corrected chi connectivity index (χ3v) is 5.98. The SMILES string of the molecule is CCCCOC1C(O)[C@@H]2OC3(CCCCC3)OCC2O[C@H]1SC. The van der Waals surface area contributed by atoms with Crippen molar-refractivity contribution < 1.29 is 24.1 Å². The molecule has 23 heavy (non-hydrogen) atoms. The van der Waals surface area contributed by atoms with Crippen LogP contribution in [0.25, 0.3) is 0 Å². The van der Waals surface area contributed by atoms with Crippen LogP contribution in [0.3, 0.4) is 0 Å². The van der Waals surface area contributed by atoms with Crippen molar-refractivity contribution in [3.05, 3.63) is 0 Å². The van der Waals surface area contributed by atoms with E-state index in [4.69, 9.17) is 18.9 Å². The normalized spacial score (nSPS) is 40.0. The summed E-state index contributed by atoms with van der Waals surface area (Å²) < 4.78 is 24.4. The number of ether oxygens (including phenoxy) is 4. The number of unbranched alkanes of at least 4 members (excludes halogenated alkanes) is 1. The van der Waals surface area contributed by atoms with Crippen molar-refractivity contribution in [2.24, 2.45) is 0 Å². The Bertz CT molecular complexity index is 374. The number of thioether (sulfide) groups is 1. The van der Waals surface area contributed by atoms with Crippen molar-refractivity contribution in [1.29, 1.82) is 0 Å². The van der Waals surface area contributed by atoms with Crippen LogP contribution in [0.1, 0.15) is 51.9 Å². The minimum Gasteiger partial charge on any atom is -0.387 e. The first-order valence-corrected chi connectivity index (χ1v) is 10.3. The van der Waals surface area contributed by atoms with Crippen molar-refractivity contribution in [3.8, 4) is 0 Å². The van der Waals surface area contributed by atoms with Crippen LogP contribution in [0.15, 0.2) is 0 Å². The molecule has 3 rings (SSSR count). The van der Waals surface area contributed by atoms with E-state index in [2.05, 4.69) is 6.92 Å². The van der Waals surface area contributed by atoms with E-state index in [1.165, 1.54) is 6.42 Å². The van der Waals surface area contributed by atoms with Crippen molar-refractivity contribution in [1.82, 2.24) is 0 Å². The number of rotatable bonds is 5. The summed E-state index contributed by atoms with van der Waals surface area (Å²) in [6, 6.07) is 0. The highest BCUT2D eigenvalue weighted by Crippen LogP contribution is 2.42. The maximum Gasteiger partial charge on any atom is 0.169 e. The van der Waals surface area contributed by atoms with Crippen molar-refractivity contribution in [2.45, 2.75) is 87.5 Å². The molecule has 0 aromatic rings. The quantitative estimate of drug-likeness (QED) is 0.773. The molecule has 5 nitrogen and oxygen atoms in total. The molecule has 2 heterocycles. The lowest BCUT2D eigenvalue weighted by molar-refractivity contribution is -0.371. The summed E-state index contributed by atoms with van der Waals surface area (Å²) in [4.78, 5) is 0. The molecule has 2 saturated heterocycles. The molecule has 1 N–H and O–H groups in total. The molecule has 3 fully saturated rings. The van der Waals surface area contributed by atoms with Crippen LogP contribution in [-0.4, -0.2) is 60.2 Å². The number of fused-ring (bicyclic) bond motifs is 1. The summed E-state index contributed by atoms with van der Waals surface area (Å²) >= 11 is 1.58. The summed E-state index contributed by atoms with van der Waals surface area (Å²) in [6.45, 7) is 3.28. The second-order valence-corrected chi connectivity index (χ2v) is 7.76. The summed E-state index contributed by atoms with van der Waals surface area (Å²) in [5, 5.41) is 10.9. The fourth-order valence-corrected chi connectivity index (χ4v) is 4.54. The number of hydrogen-bond donors (Lipinski definition) is 1. The predicted molar refractivity (Wildman–Crippen MR) is 89.5 cm³/mol. The van der Waals surface area contributed by atoms with Gasteiger partial charge in [-0.2, -0.15) is 0 Å². The van der Waals surface area contributed by atoms with Gasteiger partial charge in [0, 0.05) is 19.4 Å². The zero-order valence-electron chi connectivity index (χ0n) is 14.2. The zero-order valence-corrected chi connectivity index (χ0v) is 15.1. The van der Waals surface area contributed by atoms with Crippen molar-refractivity contribution in [3.63, 3.8) is 0 Å². The van der Waals surface area contributed by atoms with Crippen LogP contribution in [0.5, 0.6) is 0 Å². The molecular formula is C17H30O5S. The average molecular weight is 346 g/mol. The number of aliphatic hydroxyl groups excluding tert-OH is 1. The highest BCUT2D eigenvalue weighted by atomic mass is 32.2. The van der Waals surface area contributed by atoms with E-state index < -0.39 is 11.9 Å². The van der Waals surface area contributed by atoms with Gasteiger partial charge in [-0.15, -0.1) is 11.8 Å². The molecule has 3 unspecified atom stereocenters. The van der Waals surface area contributed by atoms with Gasteiger partial charge in [-0.3, -0.25) is 0 Å². The standard InChI is InChI=1S/C17H30O5S/c1-3-4-10-19-15-13(18)14-12(21-16(15)23-2)11-20-17(22-14)8-6-5-7-9-17/h12-16,18H,3-11H2,1-2H3/t12?,13?,14-,15?,16+/m1/s1. The van der Waals surface area contributed by atoms with Crippen molar-refractivity contribution >= 4 is 11.8 Å². The summed E-state index contributed by atoms with van der Waals surface area (Å²) in [5.41, 5.74) is -0.171. The fourth-order valence-electron chi connectivity index (χ4n) is 3.77. The van der Waals surface area contributed by atoms with Gasteiger partial charge >= 0.3 is 0 Å². The third-order valence-electron chi connectivity index (χ3n) is 5.13. The Kier molecular flexibility index (Phi) is 6.26. The molecule has 134 valence electrons. The number of hydrogen-bond acceptors (Lipinski definition) is 6. The average Bonchev–Trinajstić information content (AvgIpc) is 2.58. The molecule has 0 aromatic carbocycles. The fraction of sp³-hybridized carbons (Fsp3) is 1.00. The molecule has 1 spiro atoms. The molecule has 0 aromatic heterocycles. The zero-order chi connectivity index (χ0) is 16.3. The summed E-state index contributed by atoms with van der Waals surface area (Å²) in [7, 11) is 0. The summed E-state index contributed by atoms with van der Waals surface area (Å²) in [5.74, 6) is -0.510. The largest absolute Gasteiger partial charge is 0.387 e. The Morgan fingerprint density at radius 3 is 2.74 bits per heavy atom. The van der Waals surface area contributed by atoms with E-state index in [0.717, 1.165) is 38.5 Å². The van der Waals surface area contributed by atoms with E-state index in [-0.39, 0.29) is 23.7 Å². The van der Waals surface area contributed by atoms with Gasteiger partial charge < -0.3 is 24.1 Å². The van der Waals surface area contributed by atoms with Crippen LogP contribution in [-0.2, 0) is 18.9 Å². The molecule has 6 heteroatoms. The van der Waals surface area contributed by atoms with Gasteiger partial charge in [0.15, 0.2) is 5.79 Å². The first-order chi connectivity index (χ1) is 11.2. The first kappa shape index (κ1) is 18.0. The lowest BCUT2D eigenvalue weighted by Crippen LogP contribution is -2.65. The lowest BCUT2D eigenvalue weighted by atomic mass is 9.91. The summed E-state index contributed by atoms with van der Waals surface area (Å²) in [6.07, 6.45) is 7.81. The smallest absolute Gasteiger partial charge is 0.169 e. The van der Waals surface area contributed by atoms with Gasteiger partial charge in [-0.05, 0) is 25.5 Å². The Labute approximate surface area is 143 Å². The van der Waals surface area contributed by atoms with Gasteiger partial charge in [0.2, 0.25) is 0 Å². The molecule has 0 bridgehead atoms. The Morgan fingerprint density at radius 1 is 1.26 bits per heavy atom. The van der Waals surface area contributed by atoms with Crippen LogP contribution in [0.4, 0.5) is 0 Å². The molecule has 0 amide bonds. The Morgan fingerprint density at radius 2 is 2.04 bits per heavy atom. The van der Waals surface area contributed by atoms with Gasteiger partial charge in [-0.25, -0.2) is 0 Å². The molecule has 1 saturated carbocycles.